The van der Waals surface area contributed by atoms with E-state index in [4.69, 9.17) is 0 Å². The second-order valence-electron chi connectivity index (χ2n) is 5.65. The van der Waals surface area contributed by atoms with Crippen molar-refractivity contribution in [2.45, 2.75) is 25.8 Å². The van der Waals surface area contributed by atoms with Crippen LogP contribution in [0.5, 0.6) is 0 Å². The first kappa shape index (κ1) is 12.5. The number of carbonyl (C=O) groups excluding carboxylic acids is 1. The minimum Gasteiger partial charge on any atom is -0.382 e. The number of anilines is 2. The van der Waals surface area contributed by atoms with Gasteiger partial charge in [-0.1, -0.05) is 6.07 Å². The largest absolute Gasteiger partial charge is 0.382 e. The predicted molar refractivity (Wildman–Crippen MR) is 77.3 cm³/mol. The highest BCUT2D eigenvalue weighted by molar-refractivity contribution is 5.89. The van der Waals surface area contributed by atoms with E-state index in [-0.39, 0.29) is 5.91 Å². The van der Waals surface area contributed by atoms with Crippen LogP contribution in [0.25, 0.3) is 0 Å². The lowest BCUT2D eigenvalue weighted by Gasteiger charge is -2.31. The van der Waals surface area contributed by atoms with E-state index in [1.807, 2.05) is 18.2 Å². The van der Waals surface area contributed by atoms with Crippen molar-refractivity contribution in [2.24, 2.45) is 5.92 Å². The Balaban J connectivity index is 1.67. The van der Waals surface area contributed by atoms with Crippen molar-refractivity contribution in [1.29, 1.82) is 0 Å². The molecule has 2 aliphatic rings. The highest BCUT2D eigenvalue weighted by Crippen LogP contribution is 2.29. The van der Waals surface area contributed by atoms with Crippen LogP contribution < -0.4 is 10.6 Å². The molecular weight excluding hydrogens is 238 g/mol. The van der Waals surface area contributed by atoms with Gasteiger partial charge in [0.15, 0.2) is 0 Å². The summed E-state index contributed by atoms with van der Waals surface area (Å²) in [5, 5.41) is 6.47. The van der Waals surface area contributed by atoms with Crippen LogP contribution >= 0.6 is 0 Å². The Hall–Kier alpha value is -1.55. The fourth-order valence-electron chi connectivity index (χ4n) is 3.25. The summed E-state index contributed by atoms with van der Waals surface area (Å²) in [4.78, 5) is 13.6. The van der Waals surface area contributed by atoms with E-state index < -0.39 is 0 Å². The molecule has 1 aromatic rings. The van der Waals surface area contributed by atoms with Gasteiger partial charge in [0.1, 0.15) is 0 Å². The van der Waals surface area contributed by atoms with E-state index in [1.165, 1.54) is 39.4 Å². The van der Waals surface area contributed by atoms with Crippen LogP contribution in [0.1, 0.15) is 19.8 Å². The van der Waals surface area contributed by atoms with Crippen molar-refractivity contribution in [3.8, 4) is 0 Å². The lowest BCUT2D eigenvalue weighted by Crippen LogP contribution is -2.39. The van der Waals surface area contributed by atoms with Crippen LogP contribution in [0.3, 0.4) is 0 Å². The smallest absolute Gasteiger partial charge is 0.221 e. The summed E-state index contributed by atoms with van der Waals surface area (Å²) in [6.45, 7) is 5.24. The van der Waals surface area contributed by atoms with E-state index in [2.05, 4.69) is 21.6 Å². The van der Waals surface area contributed by atoms with Gasteiger partial charge < -0.3 is 15.5 Å². The number of piperidine rings is 1. The molecule has 2 heterocycles. The third-order valence-corrected chi connectivity index (χ3v) is 4.17. The number of hydrogen-bond acceptors (Lipinski definition) is 3. The molecule has 3 unspecified atom stereocenters. The first-order valence-corrected chi connectivity index (χ1v) is 7.07. The molecule has 2 aliphatic heterocycles. The molecule has 2 fully saturated rings. The van der Waals surface area contributed by atoms with Crippen LogP contribution in [0.4, 0.5) is 11.4 Å². The maximum atomic E-state index is 11.1. The maximum absolute atomic E-state index is 11.1. The lowest BCUT2D eigenvalue weighted by molar-refractivity contribution is -0.114. The summed E-state index contributed by atoms with van der Waals surface area (Å²) in [6.07, 6.45) is 2.53. The fraction of sp³-hybridized carbons (Fsp3) is 0.533. The number of carbonyl (C=O) groups is 1. The van der Waals surface area contributed by atoms with Crippen molar-refractivity contribution in [3.05, 3.63) is 24.3 Å². The molecule has 102 valence electrons. The monoisotopic (exact) mass is 259 g/mol. The molecule has 3 rings (SSSR count). The minimum atomic E-state index is -0.0266. The molecule has 3 atom stereocenters. The third kappa shape index (κ3) is 2.89. The summed E-state index contributed by atoms with van der Waals surface area (Å²) < 4.78 is 0. The predicted octanol–water partition coefficient (Wildman–Crippen LogP) is 2.15. The Morgan fingerprint density at radius 3 is 2.89 bits per heavy atom. The molecule has 0 saturated carbocycles. The molecule has 0 aromatic heterocycles. The van der Waals surface area contributed by atoms with E-state index in [1.54, 1.807) is 0 Å². The highest BCUT2D eigenvalue weighted by Gasteiger charge is 2.33. The molecule has 4 heteroatoms. The molecule has 0 aliphatic carbocycles. The summed E-state index contributed by atoms with van der Waals surface area (Å²) in [7, 11) is 0. The Bertz CT molecular complexity index is 474. The van der Waals surface area contributed by atoms with E-state index in [0.29, 0.717) is 6.04 Å². The Morgan fingerprint density at radius 1 is 1.26 bits per heavy atom. The standard InChI is InChI=1S/C15H21N3O/c1-11(19)16-13-3-2-4-14(9-13)17-15-6-8-18-7-5-12(15)10-18/h2-4,9,12,15,17H,5-8,10H2,1H3,(H,16,19). The number of benzene rings is 1. The average Bonchev–Trinajstić information content (AvgIpc) is 2.76. The van der Waals surface area contributed by atoms with Crippen LogP contribution in [0, 0.1) is 5.92 Å². The topological polar surface area (TPSA) is 44.4 Å². The van der Waals surface area contributed by atoms with Crippen LogP contribution in [0.2, 0.25) is 0 Å². The van der Waals surface area contributed by atoms with Gasteiger partial charge in [-0.2, -0.15) is 0 Å². The second kappa shape index (κ2) is 5.21. The van der Waals surface area contributed by atoms with Gasteiger partial charge in [-0.3, -0.25) is 4.79 Å². The summed E-state index contributed by atoms with van der Waals surface area (Å²) in [5.74, 6) is 0.749. The van der Waals surface area contributed by atoms with Gasteiger partial charge >= 0.3 is 0 Å². The van der Waals surface area contributed by atoms with E-state index in [9.17, 15) is 4.79 Å². The molecule has 0 radical (unpaired) electrons. The summed E-state index contributed by atoms with van der Waals surface area (Å²) in [5.41, 5.74) is 1.97. The Kier molecular flexibility index (Phi) is 3.42. The van der Waals surface area contributed by atoms with Crippen LogP contribution in [-0.4, -0.2) is 36.5 Å². The van der Waals surface area contributed by atoms with Crippen molar-refractivity contribution < 1.29 is 4.79 Å². The van der Waals surface area contributed by atoms with Gasteiger partial charge in [0.05, 0.1) is 0 Å². The minimum absolute atomic E-state index is 0.0266. The van der Waals surface area contributed by atoms with E-state index >= 15 is 0 Å². The molecule has 19 heavy (non-hydrogen) atoms. The zero-order chi connectivity index (χ0) is 13.2. The highest BCUT2D eigenvalue weighted by atomic mass is 16.1. The molecule has 1 amide bonds. The second-order valence-corrected chi connectivity index (χ2v) is 5.65. The van der Waals surface area contributed by atoms with Gasteiger partial charge in [-0.25, -0.2) is 0 Å². The number of hydrogen-bond donors (Lipinski definition) is 2. The molecular formula is C15H21N3O. The third-order valence-electron chi connectivity index (χ3n) is 4.17. The zero-order valence-corrected chi connectivity index (χ0v) is 11.4. The average molecular weight is 259 g/mol. The van der Waals surface area contributed by atoms with E-state index in [0.717, 1.165) is 17.3 Å². The quantitative estimate of drug-likeness (QED) is 0.874. The summed E-state index contributed by atoms with van der Waals surface area (Å²) in [6, 6.07) is 8.57. The van der Waals surface area contributed by atoms with Crippen LogP contribution in [-0.2, 0) is 4.79 Å². The van der Waals surface area contributed by atoms with Crippen molar-refractivity contribution in [1.82, 2.24) is 4.90 Å². The van der Waals surface area contributed by atoms with Gasteiger partial charge in [0.25, 0.3) is 0 Å². The number of amides is 1. The SMILES string of the molecule is CC(=O)Nc1cccc(NC2CCN3CCC2C3)c1. The normalized spacial score (nSPS) is 29.0. The number of nitrogens with one attached hydrogen (secondary N) is 2. The maximum Gasteiger partial charge on any atom is 0.221 e. The van der Waals surface area contributed by atoms with Crippen molar-refractivity contribution in [2.75, 3.05) is 30.3 Å². The molecule has 1 aromatic carbocycles. The zero-order valence-electron chi connectivity index (χ0n) is 11.4. The summed E-state index contributed by atoms with van der Waals surface area (Å²) >= 11 is 0. The van der Waals surface area contributed by atoms with Gasteiger partial charge in [-0.05, 0) is 43.5 Å². The first-order chi connectivity index (χ1) is 9.20. The van der Waals surface area contributed by atoms with Gasteiger partial charge in [0, 0.05) is 37.4 Å². The number of fused-ring (bicyclic) bond motifs is 2. The van der Waals surface area contributed by atoms with Crippen molar-refractivity contribution in [3.63, 3.8) is 0 Å². The Labute approximate surface area is 114 Å². The lowest BCUT2D eigenvalue weighted by atomic mass is 9.94. The Morgan fingerprint density at radius 2 is 2.05 bits per heavy atom. The molecule has 2 saturated heterocycles. The van der Waals surface area contributed by atoms with Crippen molar-refractivity contribution >= 4 is 17.3 Å². The fourth-order valence-corrected chi connectivity index (χ4v) is 3.25. The molecule has 2 N–H and O–H groups in total. The molecule has 2 bridgehead atoms. The van der Waals surface area contributed by atoms with Gasteiger partial charge in [0.2, 0.25) is 5.91 Å². The number of rotatable bonds is 3. The van der Waals surface area contributed by atoms with Crippen LogP contribution in [0.15, 0.2) is 24.3 Å². The number of nitrogens with zero attached hydrogens (tertiary/aromatic N) is 1. The molecule has 4 nitrogen and oxygen atoms in total. The van der Waals surface area contributed by atoms with Gasteiger partial charge in [-0.15, -0.1) is 0 Å². The molecule has 0 spiro atoms. The first-order valence-electron chi connectivity index (χ1n) is 7.07.